The predicted molar refractivity (Wildman–Crippen MR) is 115 cm³/mol. The van der Waals surface area contributed by atoms with E-state index in [4.69, 9.17) is 4.74 Å². The zero-order chi connectivity index (χ0) is 21.8. The van der Waals surface area contributed by atoms with Crippen molar-refractivity contribution in [3.8, 4) is 17.3 Å². The van der Waals surface area contributed by atoms with Crippen LogP contribution in [0.15, 0.2) is 35.8 Å². The van der Waals surface area contributed by atoms with Gasteiger partial charge in [0.25, 0.3) is 0 Å². The molecule has 1 aromatic carbocycles. The van der Waals surface area contributed by atoms with Gasteiger partial charge in [0, 0.05) is 17.1 Å². The SMILES string of the molecule is COC(=O)c1c(N/C=C(/C#N)c2nc(-c3ccc(F)cc3)cs2)sc(C(C)=O)c1C. The molecule has 0 aliphatic carbocycles. The molecule has 9 heteroatoms. The molecule has 0 amide bonds. The van der Waals surface area contributed by atoms with Crippen LogP contribution in [0.4, 0.5) is 9.39 Å². The maximum atomic E-state index is 13.1. The number of nitrogens with zero attached hydrogens (tertiary/aromatic N) is 2. The fourth-order valence-corrected chi connectivity index (χ4v) is 4.58. The van der Waals surface area contributed by atoms with Crippen molar-refractivity contribution in [2.45, 2.75) is 13.8 Å². The lowest BCUT2D eigenvalue weighted by Gasteiger charge is -2.03. The number of carbonyl (C=O) groups excluding carboxylic acids is 2. The van der Waals surface area contributed by atoms with Crippen LogP contribution in [0.5, 0.6) is 0 Å². The molecule has 0 atom stereocenters. The van der Waals surface area contributed by atoms with Crippen LogP contribution < -0.4 is 5.32 Å². The number of ketones is 1. The maximum absolute atomic E-state index is 13.1. The number of rotatable bonds is 6. The first-order valence-electron chi connectivity index (χ1n) is 8.67. The summed E-state index contributed by atoms with van der Waals surface area (Å²) in [5.74, 6) is -1.07. The molecule has 3 rings (SSSR count). The second-order valence-electron chi connectivity index (χ2n) is 6.17. The Morgan fingerprint density at radius 1 is 1.30 bits per heavy atom. The predicted octanol–water partition coefficient (Wildman–Crippen LogP) is 5.28. The Bertz CT molecular complexity index is 1190. The lowest BCUT2D eigenvalue weighted by atomic mass is 10.1. The van der Waals surface area contributed by atoms with Gasteiger partial charge in [-0.05, 0) is 43.7 Å². The number of halogens is 1. The molecule has 3 aromatic rings. The molecule has 2 heterocycles. The van der Waals surface area contributed by atoms with Crippen LogP contribution >= 0.6 is 22.7 Å². The average molecular weight is 442 g/mol. The number of ether oxygens (including phenoxy) is 1. The Morgan fingerprint density at radius 3 is 2.60 bits per heavy atom. The molecule has 0 bridgehead atoms. The first-order valence-corrected chi connectivity index (χ1v) is 10.4. The van der Waals surface area contributed by atoms with Crippen molar-refractivity contribution >= 4 is 45.0 Å². The highest BCUT2D eigenvalue weighted by molar-refractivity contribution is 7.18. The molecule has 0 saturated heterocycles. The molecule has 30 heavy (non-hydrogen) atoms. The lowest BCUT2D eigenvalue weighted by molar-refractivity contribution is 0.0601. The first-order chi connectivity index (χ1) is 14.3. The number of aromatic nitrogens is 1. The summed E-state index contributed by atoms with van der Waals surface area (Å²) in [7, 11) is 1.26. The van der Waals surface area contributed by atoms with E-state index in [0.29, 0.717) is 26.1 Å². The minimum absolute atomic E-state index is 0.163. The van der Waals surface area contributed by atoms with Crippen LogP contribution in [0.25, 0.3) is 16.8 Å². The number of benzene rings is 1. The summed E-state index contributed by atoms with van der Waals surface area (Å²) in [6, 6.07) is 7.99. The molecule has 0 radical (unpaired) electrons. The second kappa shape index (κ2) is 8.98. The van der Waals surface area contributed by atoms with E-state index >= 15 is 0 Å². The number of anilines is 1. The summed E-state index contributed by atoms with van der Waals surface area (Å²) >= 11 is 2.39. The fourth-order valence-electron chi connectivity index (χ4n) is 2.73. The molecule has 1 N–H and O–H groups in total. The number of methoxy groups -OCH3 is 1. The average Bonchev–Trinajstić information content (AvgIpc) is 3.34. The summed E-state index contributed by atoms with van der Waals surface area (Å²) in [6.45, 7) is 3.10. The van der Waals surface area contributed by atoms with Crippen LogP contribution in [0, 0.1) is 24.1 Å². The Labute approximate surface area is 180 Å². The number of hydrogen-bond donors (Lipinski definition) is 1. The molecule has 2 aromatic heterocycles. The van der Waals surface area contributed by atoms with Gasteiger partial charge in [0.2, 0.25) is 0 Å². The van der Waals surface area contributed by atoms with E-state index in [9.17, 15) is 19.2 Å². The Morgan fingerprint density at radius 2 is 2.00 bits per heavy atom. The minimum Gasteiger partial charge on any atom is -0.465 e. The number of thiazole rings is 1. The molecular formula is C21H16FN3O3S2. The van der Waals surface area contributed by atoms with E-state index in [1.807, 2.05) is 0 Å². The molecule has 0 saturated carbocycles. The van der Waals surface area contributed by atoms with Crippen LogP contribution in [0.3, 0.4) is 0 Å². The van der Waals surface area contributed by atoms with Gasteiger partial charge in [-0.25, -0.2) is 14.2 Å². The number of nitriles is 1. The van der Waals surface area contributed by atoms with Crippen molar-refractivity contribution in [3.63, 3.8) is 0 Å². The highest BCUT2D eigenvalue weighted by atomic mass is 32.1. The van der Waals surface area contributed by atoms with E-state index in [1.54, 1.807) is 24.4 Å². The largest absolute Gasteiger partial charge is 0.465 e. The fraction of sp³-hybridized carbons (Fsp3) is 0.143. The number of allylic oxidation sites excluding steroid dienone is 1. The summed E-state index contributed by atoms with van der Waals surface area (Å²) in [5.41, 5.74) is 2.39. The summed E-state index contributed by atoms with van der Waals surface area (Å²) < 4.78 is 17.9. The van der Waals surface area contributed by atoms with E-state index < -0.39 is 5.97 Å². The number of esters is 1. The van der Waals surface area contributed by atoms with Gasteiger partial charge in [-0.3, -0.25) is 4.79 Å². The van der Waals surface area contributed by atoms with Gasteiger partial charge >= 0.3 is 5.97 Å². The van der Waals surface area contributed by atoms with Crippen molar-refractivity contribution in [2.24, 2.45) is 0 Å². The van der Waals surface area contributed by atoms with Crippen LogP contribution in [-0.4, -0.2) is 23.8 Å². The topological polar surface area (TPSA) is 92.1 Å². The molecular weight excluding hydrogens is 425 g/mol. The van der Waals surface area contributed by atoms with Crippen molar-refractivity contribution in [1.29, 1.82) is 5.26 Å². The number of thiophene rings is 1. The van der Waals surface area contributed by atoms with Crippen molar-refractivity contribution < 1.29 is 18.7 Å². The van der Waals surface area contributed by atoms with E-state index in [2.05, 4.69) is 16.4 Å². The van der Waals surface area contributed by atoms with Gasteiger partial charge in [-0.15, -0.1) is 22.7 Å². The third-order valence-electron chi connectivity index (χ3n) is 4.20. The van der Waals surface area contributed by atoms with Gasteiger partial charge in [0.05, 0.1) is 23.2 Å². The van der Waals surface area contributed by atoms with E-state index in [0.717, 1.165) is 16.9 Å². The van der Waals surface area contributed by atoms with Gasteiger partial charge in [-0.1, -0.05) is 0 Å². The summed E-state index contributed by atoms with van der Waals surface area (Å²) in [5, 5.41) is 15.2. The zero-order valence-electron chi connectivity index (χ0n) is 16.3. The zero-order valence-corrected chi connectivity index (χ0v) is 17.9. The second-order valence-corrected chi connectivity index (χ2v) is 8.05. The normalized spacial score (nSPS) is 11.1. The van der Waals surface area contributed by atoms with Crippen molar-refractivity contribution in [3.05, 3.63) is 62.7 Å². The van der Waals surface area contributed by atoms with Crippen molar-refractivity contribution in [2.75, 3.05) is 12.4 Å². The van der Waals surface area contributed by atoms with Gasteiger partial charge < -0.3 is 10.1 Å². The highest BCUT2D eigenvalue weighted by Gasteiger charge is 2.23. The number of hydrogen-bond acceptors (Lipinski definition) is 8. The third-order valence-corrected chi connectivity index (χ3v) is 6.40. The Hall–Kier alpha value is -3.35. The van der Waals surface area contributed by atoms with Crippen molar-refractivity contribution in [1.82, 2.24) is 4.98 Å². The van der Waals surface area contributed by atoms with Crippen LogP contribution in [0.2, 0.25) is 0 Å². The highest BCUT2D eigenvalue weighted by Crippen LogP contribution is 2.34. The maximum Gasteiger partial charge on any atom is 0.341 e. The quantitative estimate of drug-likeness (QED) is 0.318. The molecule has 0 spiro atoms. The summed E-state index contributed by atoms with van der Waals surface area (Å²) in [4.78, 5) is 28.9. The van der Waals surface area contributed by atoms with E-state index in [1.165, 1.54) is 43.7 Å². The third kappa shape index (κ3) is 4.30. The van der Waals surface area contributed by atoms with Gasteiger partial charge in [0.15, 0.2) is 5.78 Å². The smallest absolute Gasteiger partial charge is 0.341 e. The number of Topliss-reactive ketones (excluding diaryl/α,β-unsaturated/α-hetero) is 1. The first kappa shape index (κ1) is 21.4. The van der Waals surface area contributed by atoms with Crippen LogP contribution in [0.1, 0.15) is 37.5 Å². The molecule has 6 nitrogen and oxygen atoms in total. The number of nitrogens with one attached hydrogen (secondary N) is 1. The monoisotopic (exact) mass is 441 g/mol. The summed E-state index contributed by atoms with van der Waals surface area (Å²) in [6.07, 6.45) is 1.44. The molecule has 0 aliphatic heterocycles. The standard InChI is InChI=1S/C21H16FN3O3S2/c1-11-17(21(27)28-3)20(30-18(11)12(2)26)24-9-14(8-23)19-25-16(10-29-19)13-4-6-15(22)7-5-13/h4-7,9-10,24H,1-3H3/b14-9-. The molecule has 152 valence electrons. The lowest BCUT2D eigenvalue weighted by Crippen LogP contribution is -2.05. The minimum atomic E-state index is -0.571. The van der Waals surface area contributed by atoms with Gasteiger partial charge in [0.1, 0.15) is 27.5 Å². The van der Waals surface area contributed by atoms with E-state index in [-0.39, 0.29) is 22.7 Å². The molecule has 0 fully saturated rings. The van der Waals surface area contributed by atoms with Crippen LogP contribution in [-0.2, 0) is 4.74 Å². The Kier molecular flexibility index (Phi) is 6.40. The molecule has 0 aliphatic rings. The molecule has 0 unspecified atom stereocenters. The van der Waals surface area contributed by atoms with Gasteiger partial charge in [-0.2, -0.15) is 5.26 Å². The number of carbonyl (C=O) groups is 2. The Balaban J connectivity index is 1.92.